The Morgan fingerprint density at radius 3 is 2.50 bits per heavy atom. The number of ether oxygens (including phenoxy) is 2. The number of fused-ring (bicyclic) bond motifs is 1. The average molecular weight is 337 g/mol. The van der Waals surface area contributed by atoms with Crippen LogP contribution in [0.15, 0.2) is 22.6 Å². The van der Waals surface area contributed by atoms with Gasteiger partial charge in [0, 0.05) is 5.39 Å². The molecule has 0 spiro atoms. The number of hydrogen-bond donors (Lipinski definition) is 1. The third-order valence-corrected chi connectivity index (χ3v) is 3.17. The second-order valence-electron chi connectivity index (χ2n) is 6.38. The molecule has 0 aliphatic carbocycles. The zero-order valence-corrected chi connectivity index (χ0v) is 14.2. The minimum atomic E-state index is -0.701. The van der Waals surface area contributed by atoms with Crippen molar-refractivity contribution < 1.29 is 27.9 Å². The summed E-state index contributed by atoms with van der Waals surface area (Å²) in [6.07, 6.45) is -0.602. The topological polar surface area (TPSA) is 77.8 Å². The van der Waals surface area contributed by atoms with Crippen molar-refractivity contribution in [3.63, 3.8) is 0 Å². The molecular weight excluding hydrogens is 317 g/mol. The predicted molar refractivity (Wildman–Crippen MR) is 85.3 cm³/mol. The Hall–Kier alpha value is -2.57. The number of halogens is 1. The van der Waals surface area contributed by atoms with Crippen molar-refractivity contribution in [2.45, 2.75) is 39.3 Å². The van der Waals surface area contributed by atoms with Crippen LogP contribution in [0, 0.1) is 5.82 Å². The first-order valence-electron chi connectivity index (χ1n) is 7.41. The smallest absolute Gasteiger partial charge is 0.408 e. The Morgan fingerprint density at radius 2 is 1.92 bits per heavy atom. The number of hydrogen-bond acceptors (Lipinski definition) is 5. The minimum Gasteiger partial charge on any atom is -0.465 e. The molecule has 24 heavy (non-hydrogen) atoms. The number of furan rings is 1. The molecule has 1 heterocycles. The van der Waals surface area contributed by atoms with Gasteiger partial charge in [-0.05, 0) is 45.9 Å². The van der Waals surface area contributed by atoms with Gasteiger partial charge >= 0.3 is 12.1 Å². The first kappa shape index (κ1) is 17.8. The number of alkyl carbamates (subject to hydrolysis) is 1. The van der Waals surface area contributed by atoms with Crippen LogP contribution in [-0.4, -0.2) is 24.8 Å². The zero-order valence-electron chi connectivity index (χ0n) is 14.2. The molecule has 130 valence electrons. The third kappa shape index (κ3) is 4.04. The Labute approximate surface area is 138 Å². The molecule has 0 radical (unpaired) electrons. The minimum absolute atomic E-state index is 0.0109. The fourth-order valence-electron chi connectivity index (χ4n) is 2.17. The molecule has 0 saturated carbocycles. The van der Waals surface area contributed by atoms with Gasteiger partial charge in [-0.2, -0.15) is 0 Å². The molecule has 2 aromatic rings. The van der Waals surface area contributed by atoms with Crippen LogP contribution in [0.1, 0.15) is 49.9 Å². The maximum atomic E-state index is 13.7. The molecule has 7 heteroatoms. The van der Waals surface area contributed by atoms with E-state index in [2.05, 4.69) is 10.1 Å². The average Bonchev–Trinajstić information content (AvgIpc) is 2.87. The van der Waals surface area contributed by atoms with E-state index in [0.29, 0.717) is 11.1 Å². The van der Waals surface area contributed by atoms with Crippen LogP contribution in [0.25, 0.3) is 11.0 Å². The summed E-state index contributed by atoms with van der Waals surface area (Å²) in [6, 6.07) is 3.33. The van der Waals surface area contributed by atoms with Crippen LogP contribution in [0.3, 0.4) is 0 Å². The molecule has 1 amide bonds. The normalized spacial score (nSPS) is 12.8. The van der Waals surface area contributed by atoms with E-state index >= 15 is 0 Å². The molecule has 0 bridgehead atoms. The second kappa shape index (κ2) is 6.51. The molecule has 1 atom stereocenters. The van der Waals surface area contributed by atoms with Crippen molar-refractivity contribution in [1.82, 2.24) is 5.32 Å². The van der Waals surface area contributed by atoms with Crippen molar-refractivity contribution in [2.75, 3.05) is 7.11 Å². The van der Waals surface area contributed by atoms with Gasteiger partial charge in [-0.3, -0.25) is 0 Å². The van der Waals surface area contributed by atoms with Crippen LogP contribution >= 0.6 is 0 Å². The number of nitrogens with one attached hydrogen (secondary N) is 1. The van der Waals surface area contributed by atoms with E-state index in [-0.39, 0.29) is 11.1 Å². The van der Waals surface area contributed by atoms with Gasteiger partial charge in [0.05, 0.1) is 13.2 Å². The molecule has 6 nitrogen and oxygen atoms in total. The lowest BCUT2D eigenvalue weighted by Crippen LogP contribution is -2.33. The highest BCUT2D eigenvalue weighted by atomic mass is 19.1. The summed E-state index contributed by atoms with van der Waals surface area (Å²) in [7, 11) is 1.20. The molecule has 0 saturated heterocycles. The first-order valence-corrected chi connectivity index (χ1v) is 7.41. The molecule has 0 aliphatic heterocycles. The van der Waals surface area contributed by atoms with E-state index < -0.39 is 29.5 Å². The highest BCUT2D eigenvalue weighted by Crippen LogP contribution is 2.28. The Kier molecular flexibility index (Phi) is 4.82. The monoisotopic (exact) mass is 337 g/mol. The predicted octanol–water partition coefficient (Wildman–Crippen LogP) is 3.94. The van der Waals surface area contributed by atoms with E-state index in [0.717, 1.165) is 6.07 Å². The van der Waals surface area contributed by atoms with E-state index in [1.165, 1.54) is 13.2 Å². The van der Waals surface area contributed by atoms with Gasteiger partial charge in [0.25, 0.3) is 0 Å². The lowest BCUT2D eigenvalue weighted by Gasteiger charge is -2.21. The summed E-state index contributed by atoms with van der Waals surface area (Å²) < 4.78 is 29.1. The van der Waals surface area contributed by atoms with Crippen molar-refractivity contribution in [3.05, 3.63) is 35.3 Å². The van der Waals surface area contributed by atoms with Crippen LogP contribution in [0.4, 0.5) is 9.18 Å². The van der Waals surface area contributed by atoms with Gasteiger partial charge in [-0.15, -0.1) is 0 Å². The van der Waals surface area contributed by atoms with Crippen molar-refractivity contribution in [1.29, 1.82) is 0 Å². The SMILES string of the molecule is COC(=O)c1cc(F)cc2cc(C(C)NC(=O)OC(C)(C)C)oc12. The van der Waals surface area contributed by atoms with Crippen molar-refractivity contribution in [2.24, 2.45) is 0 Å². The summed E-state index contributed by atoms with van der Waals surface area (Å²) in [6.45, 7) is 6.95. The van der Waals surface area contributed by atoms with Crippen LogP contribution in [-0.2, 0) is 9.47 Å². The number of carbonyl (C=O) groups excluding carboxylic acids is 2. The zero-order chi connectivity index (χ0) is 18.1. The Morgan fingerprint density at radius 1 is 1.25 bits per heavy atom. The highest BCUT2D eigenvalue weighted by molar-refractivity contribution is 6.02. The van der Waals surface area contributed by atoms with E-state index in [9.17, 15) is 14.0 Å². The number of rotatable bonds is 3. The molecule has 0 fully saturated rings. The third-order valence-electron chi connectivity index (χ3n) is 3.17. The van der Waals surface area contributed by atoms with Crippen LogP contribution in [0.5, 0.6) is 0 Å². The van der Waals surface area contributed by atoms with Gasteiger partial charge in [-0.1, -0.05) is 0 Å². The van der Waals surface area contributed by atoms with Gasteiger partial charge in [-0.25, -0.2) is 14.0 Å². The molecule has 1 unspecified atom stereocenters. The first-order chi connectivity index (χ1) is 11.1. The molecule has 1 N–H and O–H groups in total. The van der Waals surface area contributed by atoms with Gasteiger partial charge in [0.2, 0.25) is 0 Å². The largest absolute Gasteiger partial charge is 0.465 e. The van der Waals surface area contributed by atoms with Crippen LogP contribution < -0.4 is 5.32 Å². The summed E-state index contributed by atoms with van der Waals surface area (Å²) in [5.41, 5.74) is -0.432. The van der Waals surface area contributed by atoms with Gasteiger partial charge in [0.1, 0.15) is 28.3 Å². The second-order valence-corrected chi connectivity index (χ2v) is 6.38. The molecular formula is C17H20FNO5. The number of esters is 1. The highest BCUT2D eigenvalue weighted by Gasteiger charge is 2.22. The maximum Gasteiger partial charge on any atom is 0.408 e. The van der Waals surface area contributed by atoms with Gasteiger partial charge < -0.3 is 19.2 Å². The lowest BCUT2D eigenvalue weighted by molar-refractivity contribution is 0.0501. The summed E-state index contributed by atoms with van der Waals surface area (Å²) >= 11 is 0. The summed E-state index contributed by atoms with van der Waals surface area (Å²) in [4.78, 5) is 23.6. The fraction of sp³-hybridized carbons (Fsp3) is 0.412. The molecule has 1 aromatic heterocycles. The molecule has 1 aromatic carbocycles. The summed E-state index contributed by atoms with van der Waals surface area (Å²) in [5.74, 6) is -0.914. The molecule has 2 rings (SSSR count). The fourth-order valence-corrected chi connectivity index (χ4v) is 2.17. The van der Waals surface area contributed by atoms with Crippen LogP contribution in [0.2, 0.25) is 0 Å². The van der Waals surface area contributed by atoms with Crippen molar-refractivity contribution >= 4 is 23.0 Å². The van der Waals surface area contributed by atoms with Gasteiger partial charge in [0.15, 0.2) is 0 Å². The Bertz CT molecular complexity index is 775. The number of amides is 1. The van der Waals surface area contributed by atoms with Crippen molar-refractivity contribution in [3.8, 4) is 0 Å². The van der Waals surface area contributed by atoms with E-state index in [1.54, 1.807) is 33.8 Å². The van der Waals surface area contributed by atoms with E-state index in [1.807, 2.05) is 0 Å². The van der Waals surface area contributed by atoms with E-state index in [4.69, 9.17) is 9.15 Å². The number of benzene rings is 1. The Balaban J connectivity index is 2.30. The maximum absolute atomic E-state index is 13.7. The lowest BCUT2D eigenvalue weighted by atomic mass is 10.1. The number of carbonyl (C=O) groups is 2. The number of methoxy groups -OCH3 is 1. The summed E-state index contributed by atoms with van der Waals surface area (Å²) in [5, 5.41) is 3.03. The molecule has 0 aliphatic rings. The standard InChI is InChI=1S/C17H20FNO5/c1-9(19-16(21)24-17(2,3)4)13-7-10-6-11(18)8-12(14(10)23-13)15(20)22-5/h6-9H,1-5H3,(H,19,21). The quantitative estimate of drug-likeness (QED) is 0.858.